The quantitative estimate of drug-likeness (QED) is 0.717. The number of nitrogens with zero attached hydrogens (tertiary/aromatic N) is 4. The summed E-state index contributed by atoms with van der Waals surface area (Å²) in [5.74, 6) is 0.637. The molecule has 0 radical (unpaired) electrons. The highest BCUT2D eigenvalue weighted by atomic mass is 35.5. The van der Waals surface area contributed by atoms with Crippen molar-refractivity contribution in [2.24, 2.45) is 0 Å². The van der Waals surface area contributed by atoms with Crippen LogP contribution >= 0.6 is 11.6 Å². The van der Waals surface area contributed by atoms with E-state index in [-0.39, 0.29) is 0 Å². The lowest BCUT2D eigenvalue weighted by atomic mass is 10.2. The largest absolute Gasteiger partial charge is 0.298 e. The van der Waals surface area contributed by atoms with Crippen molar-refractivity contribution in [1.82, 2.24) is 19.4 Å². The average molecular weight is 271 g/mol. The van der Waals surface area contributed by atoms with Gasteiger partial charge in [-0.25, -0.2) is 9.97 Å². The summed E-state index contributed by atoms with van der Waals surface area (Å²) in [6, 6.07) is 6.00. The van der Waals surface area contributed by atoms with E-state index in [0.717, 1.165) is 17.0 Å². The number of imidazole rings is 1. The molecule has 3 aromatic heterocycles. The Morgan fingerprint density at radius 3 is 2.84 bits per heavy atom. The highest BCUT2D eigenvalue weighted by Gasteiger charge is 2.26. The molecule has 94 valence electrons. The van der Waals surface area contributed by atoms with Crippen LogP contribution in [-0.2, 0) is 0 Å². The number of rotatable bonds is 2. The zero-order chi connectivity index (χ0) is 12.8. The van der Waals surface area contributed by atoms with Gasteiger partial charge in [0.2, 0.25) is 0 Å². The van der Waals surface area contributed by atoms with E-state index >= 15 is 0 Å². The summed E-state index contributed by atoms with van der Waals surface area (Å²) in [5, 5.41) is 0.400. The van der Waals surface area contributed by atoms with Crippen LogP contribution in [0.3, 0.4) is 0 Å². The molecule has 4 nitrogen and oxygen atoms in total. The Morgan fingerprint density at radius 2 is 2.05 bits per heavy atom. The summed E-state index contributed by atoms with van der Waals surface area (Å²) in [6.07, 6.45) is 7.85. The first-order valence-corrected chi connectivity index (χ1v) is 6.65. The summed E-state index contributed by atoms with van der Waals surface area (Å²) in [7, 11) is 0. The molecular weight excluding hydrogens is 260 g/mol. The van der Waals surface area contributed by atoms with Crippen LogP contribution in [0.5, 0.6) is 0 Å². The minimum absolute atomic E-state index is 0.400. The maximum Gasteiger partial charge on any atom is 0.148 e. The average Bonchev–Trinajstić information content (AvgIpc) is 3.17. The normalized spacial score (nSPS) is 15.0. The van der Waals surface area contributed by atoms with Crippen molar-refractivity contribution < 1.29 is 0 Å². The second-order valence-electron chi connectivity index (χ2n) is 4.81. The Labute approximate surface area is 115 Å². The molecule has 5 heteroatoms. The Balaban J connectivity index is 1.93. The minimum atomic E-state index is 0.400. The molecule has 0 spiro atoms. The van der Waals surface area contributed by atoms with E-state index in [1.165, 1.54) is 24.7 Å². The van der Waals surface area contributed by atoms with Gasteiger partial charge in [-0.3, -0.25) is 9.38 Å². The minimum Gasteiger partial charge on any atom is -0.298 e. The Bertz CT molecular complexity index is 761. The standard InChI is InChI=1S/C14H11ClN4/c15-13-7-16-6-10(17-13)12-2-1-3-14-18-11(8-19(12)14)9-4-5-9/h1-3,6-9H,4-5H2. The van der Waals surface area contributed by atoms with Crippen LogP contribution in [0.25, 0.3) is 17.0 Å². The van der Waals surface area contributed by atoms with E-state index in [1.807, 2.05) is 18.2 Å². The van der Waals surface area contributed by atoms with Crippen molar-refractivity contribution in [2.45, 2.75) is 18.8 Å². The number of halogens is 1. The summed E-state index contributed by atoms with van der Waals surface area (Å²) < 4.78 is 2.06. The first-order chi connectivity index (χ1) is 9.31. The summed E-state index contributed by atoms with van der Waals surface area (Å²) >= 11 is 5.91. The molecule has 0 amide bonds. The third-order valence-corrected chi connectivity index (χ3v) is 3.56. The van der Waals surface area contributed by atoms with Gasteiger partial charge in [0.25, 0.3) is 0 Å². The summed E-state index contributed by atoms with van der Waals surface area (Å²) in [4.78, 5) is 13.1. The van der Waals surface area contributed by atoms with Crippen LogP contribution in [0.2, 0.25) is 5.15 Å². The molecule has 0 unspecified atom stereocenters. The molecule has 0 saturated heterocycles. The highest BCUT2D eigenvalue weighted by molar-refractivity contribution is 6.29. The van der Waals surface area contributed by atoms with Crippen LogP contribution in [0, 0.1) is 0 Å². The Morgan fingerprint density at radius 1 is 1.16 bits per heavy atom. The van der Waals surface area contributed by atoms with Gasteiger partial charge in [0.1, 0.15) is 16.5 Å². The number of fused-ring (bicyclic) bond motifs is 1. The molecule has 0 atom stereocenters. The van der Waals surface area contributed by atoms with E-state index in [1.54, 1.807) is 6.20 Å². The second-order valence-corrected chi connectivity index (χ2v) is 5.19. The Kier molecular flexibility index (Phi) is 2.32. The smallest absolute Gasteiger partial charge is 0.148 e. The van der Waals surface area contributed by atoms with Crippen molar-refractivity contribution >= 4 is 17.2 Å². The molecule has 1 fully saturated rings. The Hall–Kier alpha value is -1.94. The van der Waals surface area contributed by atoms with Gasteiger partial charge < -0.3 is 0 Å². The number of aromatic nitrogens is 4. The van der Waals surface area contributed by atoms with Gasteiger partial charge in [-0.2, -0.15) is 0 Å². The summed E-state index contributed by atoms with van der Waals surface area (Å²) in [5.41, 5.74) is 3.84. The number of hydrogen-bond acceptors (Lipinski definition) is 3. The molecule has 1 aliphatic carbocycles. The fraction of sp³-hybridized carbons (Fsp3) is 0.214. The van der Waals surface area contributed by atoms with Crippen LogP contribution in [0.1, 0.15) is 24.5 Å². The van der Waals surface area contributed by atoms with Crippen molar-refractivity contribution in [3.63, 3.8) is 0 Å². The lowest BCUT2D eigenvalue weighted by molar-refractivity contribution is 1.05. The molecule has 3 heterocycles. The molecule has 0 aliphatic heterocycles. The number of hydrogen-bond donors (Lipinski definition) is 0. The lowest BCUT2D eigenvalue weighted by Gasteiger charge is -2.04. The lowest BCUT2D eigenvalue weighted by Crippen LogP contribution is -1.93. The van der Waals surface area contributed by atoms with E-state index in [4.69, 9.17) is 11.6 Å². The third-order valence-electron chi connectivity index (χ3n) is 3.37. The topological polar surface area (TPSA) is 43.1 Å². The van der Waals surface area contributed by atoms with Gasteiger partial charge >= 0.3 is 0 Å². The molecule has 0 aromatic carbocycles. The molecule has 0 N–H and O–H groups in total. The van der Waals surface area contributed by atoms with Crippen molar-refractivity contribution in [3.05, 3.63) is 47.6 Å². The maximum atomic E-state index is 5.91. The van der Waals surface area contributed by atoms with Gasteiger partial charge in [0.05, 0.1) is 23.8 Å². The number of pyridine rings is 1. The molecule has 4 rings (SSSR count). The zero-order valence-corrected chi connectivity index (χ0v) is 10.9. The van der Waals surface area contributed by atoms with Crippen LogP contribution < -0.4 is 0 Å². The van der Waals surface area contributed by atoms with Crippen LogP contribution in [0.15, 0.2) is 36.8 Å². The fourth-order valence-corrected chi connectivity index (χ4v) is 2.43. The molecule has 1 aliphatic rings. The SMILES string of the molecule is Clc1cncc(-c2cccc3nc(C4CC4)cn23)n1. The first kappa shape index (κ1) is 10.9. The van der Waals surface area contributed by atoms with Gasteiger partial charge in [-0.15, -0.1) is 0 Å². The molecular formula is C14H11ClN4. The van der Waals surface area contributed by atoms with Crippen LogP contribution in [-0.4, -0.2) is 19.4 Å². The van der Waals surface area contributed by atoms with E-state index in [0.29, 0.717) is 11.1 Å². The molecule has 3 aromatic rings. The second kappa shape index (κ2) is 4.03. The van der Waals surface area contributed by atoms with Gasteiger partial charge in [-0.1, -0.05) is 17.7 Å². The third kappa shape index (κ3) is 1.88. The summed E-state index contributed by atoms with van der Waals surface area (Å²) in [6.45, 7) is 0. The fourth-order valence-electron chi connectivity index (χ4n) is 2.28. The van der Waals surface area contributed by atoms with Crippen molar-refractivity contribution in [3.8, 4) is 11.4 Å². The molecule has 1 saturated carbocycles. The highest BCUT2D eigenvalue weighted by Crippen LogP contribution is 2.39. The maximum absolute atomic E-state index is 5.91. The predicted molar refractivity (Wildman–Crippen MR) is 73.2 cm³/mol. The van der Waals surface area contributed by atoms with Gasteiger partial charge in [0, 0.05) is 12.1 Å². The molecule has 0 bridgehead atoms. The first-order valence-electron chi connectivity index (χ1n) is 6.27. The van der Waals surface area contributed by atoms with Crippen LogP contribution in [0.4, 0.5) is 0 Å². The molecule has 19 heavy (non-hydrogen) atoms. The van der Waals surface area contributed by atoms with Gasteiger partial charge in [0.15, 0.2) is 0 Å². The van der Waals surface area contributed by atoms with Crippen molar-refractivity contribution in [1.29, 1.82) is 0 Å². The zero-order valence-electron chi connectivity index (χ0n) is 10.1. The van der Waals surface area contributed by atoms with Gasteiger partial charge in [-0.05, 0) is 25.0 Å². The van der Waals surface area contributed by atoms with E-state index in [2.05, 4.69) is 25.5 Å². The van der Waals surface area contributed by atoms with E-state index in [9.17, 15) is 0 Å². The predicted octanol–water partition coefficient (Wildman–Crippen LogP) is 3.32. The van der Waals surface area contributed by atoms with E-state index < -0.39 is 0 Å². The monoisotopic (exact) mass is 270 g/mol. The van der Waals surface area contributed by atoms with Crippen molar-refractivity contribution in [2.75, 3.05) is 0 Å².